The van der Waals surface area contributed by atoms with Crippen LogP contribution in [0.4, 0.5) is 5.69 Å². The lowest BCUT2D eigenvalue weighted by Crippen LogP contribution is -2.30. The van der Waals surface area contributed by atoms with E-state index in [0.29, 0.717) is 18.8 Å². The molecule has 0 amide bonds. The molecule has 30 heavy (non-hydrogen) atoms. The van der Waals surface area contributed by atoms with Gasteiger partial charge in [-0.1, -0.05) is 59.7 Å². The Balaban J connectivity index is 2.45. The van der Waals surface area contributed by atoms with Crippen molar-refractivity contribution in [3.63, 3.8) is 0 Å². The smallest absolute Gasteiger partial charge is 0.261 e. The number of anilines is 1. The Morgan fingerprint density at radius 2 is 1.20 bits per heavy atom. The van der Waals surface area contributed by atoms with Gasteiger partial charge in [0.25, 0.3) is 10.0 Å². The van der Waals surface area contributed by atoms with Crippen LogP contribution in [0.25, 0.3) is 0 Å². The normalized spacial score (nSPS) is 12.7. The Morgan fingerprint density at radius 3 is 1.60 bits per heavy atom. The Morgan fingerprint density at radius 1 is 0.767 bits per heavy atom. The van der Waals surface area contributed by atoms with E-state index in [1.54, 1.807) is 13.8 Å². The number of benzene rings is 2. The van der Waals surface area contributed by atoms with E-state index in [1.807, 2.05) is 45.9 Å². The van der Waals surface area contributed by atoms with Crippen LogP contribution in [0.2, 0.25) is 0 Å². The van der Waals surface area contributed by atoms with E-state index in [4.69, 9.17) is 0 Å². The van der Waals surface area contributed by atoms with Gasteiger partial charge in [-0.25, -0.2) is 16.8 Å². The number of hydrogen-bond acceptors (Lipinski definition) is 4. The Labute approximate surface area is 181 Å². The standard InChI is InChI=1S/C22H32N2O4S2/c1-7-24(8-2)30(27,28)19-14-12-18(13-15-19)29(25,26)23-22-20(16(3)4)10-9-11-21(22)17(5)6/h9-17,23H,7-8H2,1-6H3. The van der Waals surface area contributed by atoms with Gasteiger partial charge in [0.1, 0.15) is 0 Å². The van der Waals surface area contributed by atoms with Gasteiger partial charge in [0, 0.05) is 13.1 Å². The third-order valence-electron chi connectivity index (χ3n) is 5.09. The molecule has 0 aliphatic rings. The van der Waals surface area contributed by atoms with Crippen LogP contribution in [0, 0.1) is 0 Å². The van der Waals surface area contributed by atoms with Gasteiger partial charge in [-0.3, -0.25) is 4.72 Å². The molecule has 0 spiro atoms. The summed E-state index contributed by atoms with van der Waals surface area (Å²) in [6.45, 7) is 12.3. The summed E-state index contributed by atoms with van der Waals surface area (Å²) in [4.78, 5) is 0.102. The van der Waals surface area contributed by atoms with Crippen molar-refractivity contribution in [1.82, 2.24) is 4.31 Å². The van der Waals surface area contributed by atoms with Gasteiger partial charge in [-0.2, -0.15) is 4.31 Å². The van der Waals surface area contributed by atoms with E-state index >= 15 is 0 Å². The number of nitrogens with one attached hydrogen (secondary N) is 1. The van der Waals surface area contributed by atoms with E-state index in [9.17, 15) is 16.8 Å². The number of hydrogen-bond donors (Lipinski definition) is 1. The van der Waals surface area contributed by atoms with E-state index in [2.05, 4.69) is 4.72 Å². The monoisotopic (exact) mass is 452 g/mol. The topological polar surface area (TPSA) is 83.6 Å². The number of para-hydroxylation sites is 1. The van der Waals surface area contributed by atoms with Crippen LogP contribution >= 0.6 is 0 Å². The summed E-state index contributed by atoms with van der Waals surface area (Å²) >= 11 is 0. The second kappa shape index (κ2) is 9.49. The SMILES string of the molecule is CCN(CC)S(=O)(=O)c1ccc(S(=O)(=O)Nc2c(C(C)C)cccc2C(C)C)cc1. The summed E-state index contributed by atoms with van der Waals surface area (Å²) < 4.78 is 55.6. The summed E-state index contributed by atoms with van der Waals surface area (Å²) in [7, 11) is -7.52. The average molecular weight is 453 g/mol. The van der Waals surface area contributed by atoms with E-state index in [-0.39, 0.29) is 21.6 Å². The fraction of sp³-hybridized carbons (Fsp3) is 0.455. The van der Waals surface area contributed by atoms with Crippen molar-refractivity contribution in [3.8, 4) is 0 Å². The van der Waals surface area contributed by atoms with Crippen molar-refractivity contribution < 1.29 is 16.8 Å². The average Bonchev–Trinajstić information content (AvgIpc) is 2.68. The number of rotatable bonds is 9. The quantitative estimate of drug-likeness (QED) is 0.594. The Bertz CT molecular complexity index is 1040. The second-order valence-corrected chi connectivity index (χ2v) is 11.4. The maximum Gasteiger partial charge on any atom is 0.261 e. The molecule has 6 nitrogen and oxygen atoms in total. The Kier molecular flexibility index (Phi) is 7.71. The highest BCUT2D eigenvalue weighted by Crippen LogP contribution is 2.34. The first kappa shape index (κ1) is 24.4. The number of sulfonamides is 2. The molecule has 166 valence electrons. The van der Waals surface area contributed by atoms with Crippen molar-refractivity contribution in [2.75, 3.05) is 17.8 Å². The molecule has 0 saturated carbocycles. The third kappa shape index (κ3) is 5.04. The van der Waals surface area contributed by atoms with E-state index in [1.165, 1.54) is 28.6 Å². The van der Waals surface area contributed by atoms with Crippen LogP contribution in [-0.2, 0) is 20.0 Å². The summed E-state index contributed by atoms with van der Waals surface area (Å²) in [5.74, 6) is 0.283. The molecule has 8 heteroatoms. The molecule has 1 N–H and O–H groups in total. The second-order valence-electron chi connectivity index (χ2n) is 7.79. The number of nitrogens with zero attached hydrogens (tertiary/aromatic N) is 1. The van der Waals surface area contributed by atoms with Crippen LogP contribution in [0.5, 0.6) is 0 Å². The zero-order chi connectivity index (χ0) is 22.7. The summed E-state index contributed by atoms with van der Waals surface area (Å²) in [5.41, 5.74) is 2.44. The minimum Gasteiger partial charge on any atom is -0.279 e. The first-order valence-corrected chi connectivity index (χ1v) is 13.1. The van der Waals surface area contributed by atoms with Crippen molar-refractivity contribution in [2.24, 2.45) is 0 Å². The summed E-state index contributed by atoms with van der Waals surface area (Å²) in [5, 5.41) is 0. The van der Waals surface area contributed by atoms with Crippen LogP contribution < -0.4 is 4.72 Å². The van der Waals surface area contributed by atoms with Crippen LogP contribution in [0.15, 0.2) is 52.3 Å². The highest BCUT2D eigenvalue weighted by Gasteiger charge is 2.24. The highest BCUT2D eigenvalue weighted by atomic mass is 32.2. The highest BCUT2D eigenvalue weighted by molar-refractivity contribution is 7.92. The molecule has 2 rings (SSSR count). The van der Waals surface area contributed by atoms with E-state index in [0.717, 1.165) is 11.1 Å². The predicted molar refractivity (Wildman–Crippen MR) is 122 cm³/mol. The van der Waals surface area contributed by atoms with Crippen molar-refractivity contribution in [2.45, 2.75) is 63.2 Å². The molecule has 0 heterocycles. The minimum atomic E-state index is -3.88. The lowest BCUT2D eigenvalue weighted by Gasteiger charge is -2.21. The molecule has 0 unspecified atom stereocenters. The molecule has 0 radical (unpaired) electrons. The van der Waals surface area contributed by atoms with Gasteiger partial charge in [0.2, 0.25) is 10.0 Å². The van der Waals surface area contributed by atoms with Crippen molar-refractivity contribution in [3.05, 3.63) is 53.6 Å². The van der Waals surface area contributed by atoms with Gasteiger partial charge in [0.05, 0.1) is 15.5 Å². The first-order chi connectivity index (χ1) is 14.0. The molecule has 0 aliphatic heterocycles. The molecule has 0 atom stereocenters. The lowest BCUT2D eigenvalue weighted by molar-refractivity contribution is 0.445. The molecular formula is C22H32N2O4S2. The molecule has 0 aromatic heterocycles. The zero-order valence-corrected chi connectivity index (χ0v) is 20.1. The zero-order valence-electron chi connectivity index (χ0n) is 18.5. The van der Waals surface area contributed by atoms with Gasteiger partial charge >= 0.3 is 0 Å². The van der Waals surface area contributed by atoms with E-state index < -0.39 is 20.0 Å². The van der Waals surface area contributed by atoms with Crippen LogP contribution in [0.1, 0.15) is 64.5 Å². The fourth-order valence-corrected chi connectivity index (χ4v) is 5.94. The Hall–Kier alpha value is -1.90. The van der Waals surface area contributed by atoms with Gasteiger partial charge in [-0.05, 0) is 47.2 Å². The predicted octanol–water partition coefficient (Wildman–Crippen LogP) is 4.76. The largest absolute Gasteiger partial charge is 0.279 e. The first-order valence-electron chi connectivity index (χ1n) is 10.2. The van der Waals surface area contributed by atoms with Crippen molar-refractivity contribution >= 4 is 25.7 Å². The molecule has 0 aliphatic carbocycles. The van der Waals surface area contributed by atoms with Crippen LogP contribution in [0.3, 0.4) is 0 Å². The summed E-state index contributed by atoms with van der Waals surface area (Å²) in [6.07, 6.45) is 0. The molecular weight excluding hydrogens is 420 g/mol. The third-order valence-corrected chi connectivity index (χ3v) is 8.52. The molecule has 0 saturated heterocycles. The molecule has 2 aromatic carbocycles. The fourth-order valence-electron chi connectivity index (χ4n) is 3.37. The maximum atomic E-state index is 13.1. The molecule has 0 fully saturated rings. The molecule has 2 aromatic rings. The van der Waals surface area contributed by atoms with Crippen LogP contribution in [-0.4, -0.2) is 34.2 Å². The maximum absolute atomic E-state index is 13.1. The van der Waals surface area contributed by atoms with Crippen molar-refractivity contribution in [1.29, 1.82) is 0 Å². The van der Waals surface area contributed by atoms with Gasteiger partial charge < -0.3 is 0 Å². The molecule has 0 bridgehead atoms. The minimum absolute atomic E-state index is 0.0225. The summed E-state index contributed by atoms with van der Waals surface area (Å²) in [6, 6.07) is 11.2. The van der Waals surface area contributed by atoms with Gasteiger partial charge in [0.15, 0.2) is 0 Å². The van der Waals surface area contributed by atoms with Gasteiger partial charge in [-0.15, -0.1) is 0 Å². The lowest BCUT2D eigenvalue weighted by atomic mass is 9.93.